The van der Waals surface area contributed by atoms with Gasteiger partial charge in [0.1, 0.15) is 0 Å². The van der Waals surface area contributed by atoms with Gasteiger partial charge < -0.3 is 14.6 Å². The van der Waals surface area contributed by atoms with Crippen molar-refractivity contribution in [2.24, 2.45) is 22.7 Å². The lowest BCUT2D eigenvalue weighted by molar-refractivity contribution is -0.252. The molecule has 1 spiro atoms. The summed E-state index contributed by atoms with van der Waals surface area (Å²) in [4.78, 5) is 31.6. The van der Waals surface area contributed by atoms with E-state index in [1.165, 1.54) is 17.8 Å². The van der Waals surface area contributed by atoms with Gasteiger partial charge in [-0.3, -0.25) is 9.59 Å². The van der Waals surface area contributed by atoms with Gasteiger partial charge in [-0.15, -0.1) is 11.3 Å². The highest BCUT2D eigenvalue weighted by Crippen LogP contribution is 2.73. The summed E-state index contributed by atoms with van der Waals surface area (Å²) in [7, 11) is 0. The van der Waals surface area contributed by atoms with Gasteiger partial charge in [-0.25, -0.2) is 9.37 Å². The summed E-state index contributed by atoms with van der Waals surface area (Å²) in [6.07, 6.45) is 8.04. The second-order valence-electron chi connectivity index (χ2n) is 13.7. The first-order valence-corrected chi connectivity index (χ1v) is 17.1. The summed E-state index contributed by atoms with van der Waals surface area (Å²) < 4.78 is 33.4. The number of hydrogen-bond donors (Lipinski definition) is 1. The van der Waals surface area contributed by atoms with Crippen LogP contribution in [0.2, 0.25) is 0 Å². The van der Waals surface area contributed by atoms with E-state index in [9.17, 15) is 14.7 Å². The quantitative estimate of drug-likeness (QED) is 0.404. The number of halogens is 1. The summed E-state index contributed by atoms with van der Waals surface area (Å²) in [6, 6.07) is 7.95. The average Bonchev–Trinajstić information content (AvgIpc) is 3.72. The number of carbonyl (C=O) groups excluding carboxylic acids is 2. The highest BCUT2D eigenvalue weighted by atomic mass is 32.2. The number of alkyl halides is 1. The first-order valence-electron chi connectivity index (χ1n) is 15.3. The number of fused-ring (bicyclic) bond motifs is 8. The minimum absolute atomic E-state index is 0.0464. The van der Waals surface area contributed by atoms with Crippen molar-refractivity contribution < 1.29 is 28.6 Å². The van der Waals surface area contributed by atoms with E-state index in [0.717, 1.165) is 45.8 Å². The number of rotatable bonds is 4. The monoisotopic (exact) mass is 609 g/mol. The van der Waals surface area contributed by atoms with Crippen LogP contribution in [0.25, 0.3) is 10.2 Å². The Morgan fingerprint density at radius 2 is 2.00 bits per heavy atom. The number of Topliss-reactive ketones (excluding diaryl/α,β-unsaturated/α-hetero) is 1. The molecule has 6 nitrogen and oxygen atoms in total. The number of thioether (sulfide) groups is 1. The zero-order chi connectivity index (χ0) is 29.1. The summed E-state index contributed by atoms with van der Waals surface area (Å²) in [6.45, 7) is 3.87. The molecule has 0 radical (unpaired) electrons. The van der Waals surface area contributed by atoms with Crippen LogP contribution < -0.4 is 0 Å². The second kappa shape index (κ2) is 9.07. The number of nitrogens with zero attached hydrogens (tertiary/aromatic N) is 1. The normalized spacial score (nSPS) is 43.2. The molecular weight excluding hydrogens is 573 g/mol. The largest absolute Gasteiger partial charge is 0.390 e. The molecule has 42 heavy (non-hydrogen) atoms. The number of aliphatic hydroxyl groups is 1. The van der Waals surface area contributed by atoms with Gasteiger partial charge in [0, 0.05) is 29.6 Å². The molecule has 0 bridgehead atoms. The Morgan fingerprint density at radius 3 is 2.79 bits per heavy atom. The van der Waals surface area contributed by atoms with E-state index in [4.69, 9.17) is 14.5 Å². The number of ether oxygens (including phenoxy) is 2. The van der Waals surface area contributed by atoms with Crippen molar-refractivity contribution in [3.63, 3.8) is 0 Å². The third-order valence-electron chi connectivity index (χ3n) is 11.9. The highest BCUT2D eigenvalue weighted by molar-refractivity contribution is 8.01. The van der Waals surface area contributed by atoms with Crippen molar-refractivity contribution in [2.45, 2.75) is 98.8 Å². The van der Waals surface area contributed by atoms with Crippen LogP contribution in [0.3, 0.4) is 0 Å². The van der Waals surface area contributed by atoms with E-state index in [1.807, 2.05) is 38.1 Å². The molecule has 2 aromatic rings. The Kier molecular flexibility index (Phi) is 5.96. The minimum atomic E-state index is -1.96. The van der Waals surface area contributed by atoms with Crippen molar-refractivity contribution in [3.05, 3.63) is 48.1 Å². The second-order valence-corrected chi connectivity index (χ2v) is 16.0. The maximum Gasteiger partial charge on any atom is 0.178 e. The molecular formula is C33H36FNO5S2. The lowest BCUT2D eigenvalue weighted by Gasteiger charge is -2.62. The number of benzene rings is 1. The number of hydrogen-bond acceptors (Lipinski definition) is 8. The molecule has 9 heteroatoms. The number of ketones is 2. The van der Waals surface area contributed by atoms with E-state index in [2.05, 4.69) is 0 Å². The molecule has 5 aliphatic carbocycles. The fraction of sp³-hybridized carbons (Fsp3) is 0.606. The Labute approximate surface area is 253 Å². The van der Waals surface area contributed by atoms with Gasteiger partial charge in [0.05, 0.1) is 28.2 Å². The van der Waals surface area contributed by atoms with Gasteiger partial charge in [0.25, 0.3) is 0 Å². The summed E-state index contributed by atoms with van der Waals surface area (Å²) in [5.74, 6) is -1.50. The van der Waals surface area contributed by atoms with Crippen LogP contribution in [0.5, 0.6) is 0 Å². The predicted octanol–water partition coefficient (Wildman–Crippen LogP) is 6.36. The fourth-order valence-electron chi connectivity index (χ4n) is 9.91. The van der Waals surface area contributed by atoms with Crippen LogP contribution in [0.15, 0.2) is 52.4 Å². The third kappa shape index (κ3) is 3.40. The summed E-state index contributed by atoms with van der Waals surface area (Å²) >= 11 is 3.00. The maximum absolute atomic E-state index is 17.7. The minimum Gasteiger partial charge on any atom is -0.390 e. The van der Waals surface area contributed by atoms with Crippen LogP contribution >= 0.6 is 23.1 Å². The molecule has 222 valence electrons. The lowest BCUT2D eigenvalue weighted by Crippen LogP contribution is -2.70. The number of carbonyl (C=O) groups is 2. The molecule has 1 aliphatic heterocycles. The van der Waals surface area contributed by atoms with Gasteiger partial charge >= 0.3 is 0 Å². The predicted molar refractivity (Wildman–Crippen MR) is 159 cm³/mol. The zero-order valence-electron chi connectivity index (χ0n) is 23.9. The first kappa shape index (κ1) is 27.6. The van der Waals surface area contributed by atoms with E-state index >= 15 is 4.39 Å². The molecule has 5 fully saturated rings. The molecule has 2 heterocycles. The van der Waals surface area contributed by atoms with Crippen LogP contribution in [-0.4, -0.2) is 56.7 Å². The maximum atomic E-state index is 17.7. The van der Waals surface area contributed by atoms with Crippen molar-refractivity contribution >= 4 is 44.9 Å². The average molecular weight is 610 g/mol. The summed E-state index contributed by atoms with van der Waals surface area (Å²) in [5.41, 5.74) is -3.42. The van der Waals surface area contributed by atoms with Crippen molar-refractivity contribution in [2.75, 3.05) is 5.75 Å². The number of allylic oxidation sites excluding steroid dienone is 4. The van der Waals surface area contributed by atoms with Crippen molar-refractivity contribution in [1.82, 2.24) is 4.98 Å². The summed E-state index contributed by atoms with van der Waals surface area (Å²) in [5, 5.41) is 11.9. The highest BCUT2D eigenvalue weighted by Gasteiger charge is 2.80. The van der Waals surface area contributed by atoms with Crippen LogP contribution in [-0.2, 0) is 19.1 Å². The number of para-hydroxylation sites is 1. The third-order valence-corrected chi connectivity index (χ3v) is 14.1. The van der Waals surface area contributed by atoms with E-state index in [0.29, 0.717) is 19.3 Å². The molecule has 8 rings (SSSR count). The number of aromatic nitrogens is 1. The molecule has 8 atom stereocenters. The molecule has 0 amide bonds. The Balaban J connectivity index is 1.17. The van der Waals surface area contributed by atoms with Gasteiger partial charge in [0.15, 0.2) is 33.0 Å². The van der Waals surface area contributed by atoms with Gasteiger partial charge in [-0.05, 0) is 75.7 Å². The Bertz CT molecular complexity index is 1530. The van der Waals surface area contributed by atoms with E-state index in [1.54, 1.807) is 23.5 Å². The smallest absolute Gasteiger partial charge is 0.178 e. The molecule has 1 N–H and O–H groups in total. The SMILES string of the molecule is CC12C[C@H](O)[C@@]3(F)C(CCC4=CC(=O)C=CC43C)C1CC1OC3(CCCC3)O[C@]12C(=O)CSc1nc2ccccc2s1. The molecule has 4 saturated carbocycles. The molecule has 5 unspecified atom stereocenters. The lowest BCUT2D eigenvalue weighted by atomic mass is 9.44. The van der Waals surface area contributed by atoms with Crippen molar-refractivity contribution in [1.29, 1.82) is 0 Å². The van der Waals surface area contributed by atoms with Gasteiger partial charge in [-0.2, -0.15) is 0 Å². The number of aliphatic hydroxyl groups excluding tert-OH is 1. The molecule has 6 aliphatic rings. The van der Waals surface area contributed by atoms with Gasteiger partial charge in [0.2, 0.25) is 0 Å². The molecule has 1 aromatic carbocycles. The van der Waals surface area contributed by atoms with E-state index < -0.39 is 46.0 Å². The number of thiazole rings is 1. The zero-order valence-corrected chi connectivity index (χ0v) is 25.6. The first-order chi connectivity index (χ1) is 20.0. The van der Waals surface area contributed by atoms with Gasteiger partial charge in [-0.1, -0.05) is 42.5 Å². The standard InChI is InChI=1S/C33H36FNO5S2/c1-29-14-11-20(36)15-19(29)9-10-21-22-16-27-33(40-31(39-27)12-5-6-13-31,30(22,2)17-25(37)32(21,29)34)26(38)18-41-28-35-23-7-3-4-8-24(23)42-28/h3-4,7-8,11,14-15,21-22,25,27,37H,5-6,9-10,12-13,16-18H2,1-2H3/t21?,22?,25-,27?,29?,30?,32-,33+/m0/s1. The van der Waals surface area contributed by atoms with Crippen LogP contribution in [0, 0.1) is 22.7 Å². The molecule has 1 saturated heterocycles. The fourth-order valence-corrected chi connectivity index (χ4v) is 11.9. The molecule has 1 aromatic heterocycles. The van der Waals surface area contributed by atoms with Crippen molar-refractivity contribution in [3.8, 4) is 0 Å². The van der Waals surface area contributed by atoms with E-state index in [-0.39, 0.29) is 29.7 Å². The Hall–Kier alpha value is -1.91. The topological polar surface area (TPSA) is 85.7 Å². The Morgan fingerprint density at radius 1 is 1.21 bits per heavy atom. The van der Waals surface area contributed by atoms with Crippen LogP contribution in [0.1, 0.15) is 65.2 Å². The van der Waals surface area contributed by atoms with Crippen LogP contribution in [0.4, 0.5) is 4.39 Å².